The first-order valence-electron chi connectivity index (χ1n) is 8.88. The molecule has 2 aromatic carbocycles. The molecule has 3 aromatic rings. The van der Waals surface area contributed by atoms with Crippen molar-refractivity contribution in [3.63, 3.8) is 0 Å². The highest BCUT2D eigenvalue weighted by molar-refractivity contribution is 5.95. The van der Waals surface area contributed by atoms with Crippen molar-refractivity contribution >= 4 is 10.9 Å². The second-order valence-electron chi connectivity index (χ2n) is 6.79. The summed E-state index contributed by atoms with van der Waals surface area (Å²) in [4.78, 5) is 17.2. The second kappa shape index (κ2) is 5.90. The minimum absolute atomic E-state index is 0.0396. The molecule has 3 heterocycles. The van der Waals surface area contributed by atoms with Gasteiger partial charge < -0.3 is 18.9 Å². The van der Waals surface area contributed by atoms with E-state index in [9.17, 15) is 4.79 Å². The summed E-state index contributed by atoms with van der Waals surface area (Å²) in [6.45, 7) is 5.11. The Balaban J connectivity index is 1.80. The molecule has 0 saturated heterocycles. The van der Waals surface area contributed by atoms with Gasteiger partial charge in [0.1, 0.15) is 13.2 Å². The zero-order valence-corrected chi connectivity index (χ0v) is 15.0. The maximum atomic E-state index is 12.8. The highest BCUT2D eigenvalue weighted by Gasteiger charge is 2.22. The van der Waals surface area contributed by atoms with Crippen LogP contribution in [0.2, 0.25) is 0 Å². The number of rotatable bonds is 2. The molecule has 0 bridgehead atoms. The Morgan fingerprint density at radius 1 is 0.926 bits per heavy atom. The molecule has 1 aromatic heterocycles. The summed E-state index contributed by atoms with van der Waals surface area (Å²) in [5.74, 6) is 2.64. The number of benzene rings is 2. The van der Waals surface area contributed by atoms with Crippen molar-refractivity contribution in [2.45, 2.75) is 19.9 Å². The fourth-order valence-corrected chi connectivity index (χ4v) is 3.54. The Morgan fingerprint density at radius 2 is 1.63 bits per heavy atom. The molecule has 5 rings (SSSR count). The number of aromatic nitrogens is 2. The van der Waals surface area contributed by atoms with Gasteiger partial charge in [0.05, 0.1) is 11.2 Å². The van der Waals surface area contributed by atoms with Gasteiger partial charge in [0, 0.05) is 23.1 Å². The highest BCUT2D eigenvalue weighted by atomic mass is 16.7. The predicted octanol–water partition coefficient (Wildman–Crippen LogP) is 3.14. The average molecular weight is 366 g/mol. The van der Waals surface area contributed by atoms with E-state index in [1.54, 1.807) is 4.57 Å². The zero-order valence-electron chi connectivity index (χ0n) is 15.0. The van der Waals surface area contributed by atoms with Gasteiger partial charge in [-0.05, 0) is 38.1 Å². The molecule has 0 atom stereocenters. The summed E-state index contributed by atoms with van der Waals surface area (Å²) >= 11 is 0. The van der Waals surface area contributed by atoms with E-state index >= 15 is 0 Å². The van der Waals surface area contributed by atoms with Gasteiger partial charge in [-0.3, -0.25) is 4.57 Å². The summed E-state index contributed by atoms with van der Waals surface area (Å²) in [5, 5.41) is 0.823. The van der Waals surface area contributed by atoms with Gasteiger partial charge in [0.15, 0.2) is 23.0 Å². The number of ether oxygens (including phenoxy) is 4. The van der Waals surface area contributed by atoms with Crippen LogP contribution in [-0.4, -0.2) is 29.6 Å². The van der Waals surface area contributed by atoms with Crippen LogP contribution in [0.4, 0.5) is 0 Å². The predicted molar refractivity (Wildman–Crippen MR) is 98.9 cm³/mol. The van der Waals surface area contributed by atoms with Gasteiger partial charge >= 0.3 is 5.69 Å². The Bertz CT molecular complexity index is 1120. The standard InChI is InChI=1S/C20H18N2O5/c1-11(2)22-14-9-18-17(26-10-27-18)8-13(14)19(21-20(22)23)12-3-4-15-16(7-12)25-6-5-24-15/h3-4,7-9,11H,5-6,10H2,1-2H3. The van der Waals surface area contributed by atoms with Crippen LogP contribution in [0.5, 0.6) is 23.0 Å². The van der Waals surface area contributed by atoms with Crippen molar-refractivity contribution in [2.75, 3.05) is 20.0 Å². The van der Waals surface area contributed by atoms with E-state index in [1.165, 1.54) is 0 Å². The molecule has 0 fully saturated rings. The Hall–Kier alpha value is -3.22. The van der Waals surface area contributed by atoms with E-state index in [2.05, 4.69) is 4.98 Å². The molecule has 0 radical (unpaired) electrons. The minimum Gasteiger partial charge on any atom is -0.486 e. The Morgan fingerprint density at radius 3 is 2.41 bits per heavy atom. The first-order chi connectivity index (χ1) is 13.1. The lowest BCUT2D eigenvalue weighted by Gasteiger charge is -2.20. The molecule has 27 heavy (non-hydrogen) atoms. The molecule has 0 saturated carbocycles. The first kappa shape index (κ1) is 16.0. The normalized spacial score (nSPS) is 14.8. The lowest BCUT2D eigenvalue weighted by atomic mass is 10.0. The Labute approximate surface area is 155 Å². The number of hydrogen-bond donors (Lipinski definition) is 0. The third kappa shape index (κ3) is 2.50. The Kier molecular flexibility index (Phi) is 3.50. The highest BCUT2D eigenvalue weighted by Crippen LogP contribution is 2.40. The molecule has 0 N–H and O–H groups in total. The molecule has 0 unspecified atom stereocenters. The van der Waals surface area contributed by atoms with Crippen LogP contribution < -0.4 is 24.6 Å². The summed E-state index contributed by atoms with van der Waals surface area (Å²) < 4.78 is 24.0. The maximum Gasteiger partial charge on any atom is 0.348 e. The van der Waals surface area contributed by atoms with Crippen LogP contribution in [0.1, 0.15) is 19.9 Å². The molecule has 0 amide bonds. The van der Waals surface area contributed by atoms with Crippen molar-refractivity contribution in [2.24, 2.45) is 0 Å². The van der Waals surface area contributed by atoms with Crippen molar-refractivity contribution in [1.29, 1.82) is 0 Å². The van der Waals surface area contributed by atoms with Crippen molar-refractivity contribution < 1.29 is 18.9 Å². The van der Waals surface area contributed by atoms with Gasteiger partial charge in [0.25, 0.3) is 0 Å². The smallest absolute Gasteiger partial charge is 0.348 e. The second-order valence-corrected chi connectivity index (χ2v) is 6.79. The molecule has 0 aliphatic carbocycles. The van der Waals surface area contributed by atoms with Crippen LogP contribution in [0.3, 0.4) is 0 Å². The lowest BCUT2D eigenvalue weighted by Crippen LogP contribution is -2.25. The van der Waals surface area contributed by atoms with Crippen molar-refractivity contribution in [3.05, 3.63) is 40.8 Å². The third-order valence-corrected chi connectivity index (χ3v) is 4.75. The molecule has 2 aliphatic heterocycles. The van der Waals surface area contributed by atoms with Crippen molar-refractivity contribution in [1.82, 2.24) is 9.55 Å². The van der Waals surface area contributed by atoms with Crippen LogP contribution in [0.15, 0.2) is 35.1 Å². The average Bonchev–Trinajstić information content (AvgIpc) is 3.12. The summed E-state index contributed by atoms with van der Waals surface area (Å²) in [6, 6.07) is 9.29. The molecular weight excluding hydrogens is 348 g/mol. The SMILES string of the molecule is CC(C)n1c(=O)nc(-c2ccc3c(c2)OCCO3)c2cc3c(cc21)OCO3. The van der Waals surface area contributed by atoms with Crippen LogP contribution in [0, 0.1) is 0 Å². The van der Waals surface area contributed by atoms with Gasteiger partial charge in [0.2, 0.25) is 6.79 Å². The van der Waals surface area contributed by atoms with E-state index in [-0.39, 0.29) is 18.5 Å². The number of hydrogen-bond acceptors (Lipinski definition) is 6. The lowest BCUT2D eigenvalue weighted by molar-refractivity contribution is 0.171. The summed E-state index contributed by atoms with van der Waals surface area (Å²) in [6.07, 6.45) is 0. The molecular formula is C20H18N2O5. The van der Waals surface area contributed by atoms with Crippen LogP contribution >= 0.6 is 0 Å². The fourth-order valence-electron chi connectivity index (χ4n) is 3.54. The molecule has 138 valence electrons. The zero-order chi connectivity index (χ0) is 18.5. The largest absolute Gasteiger partial charge is 0.486 e. The quantitative estimate of drug-likeness (QED) is 0.694. The fraction of sp³-hybridized carbons (Fsp3) is 0.300. The first-order valence-corrected chi connectivity index (χ1v) is 8.88. The van der Waals surface area contributed by atoms with E-state index in [4.69, 9.17) is 18.9 Å². The van der Waals surface area contributed by atoms with Gasteiger partial charge in [-0.1, -0.05) is 0 Å². The summed E-state index contributed by atoms with van der Waals surface area (Å²) in [5.41, 5.74) is 1.83. The maximum absolute atomic E-state index is 12.8. The van der Waals surface area contributed by atoms with E-state index < -0.39 is 0 Å². The van der Waals surface area contributed by atoms with Crippen molar-refractivity contribution in [3.8, 4) is 34.3 Å². The molecule has 0 spiro atoms. The van der Waals surface area contributed by atoms with Gasteiger partial charge in [-0.2, -0.15) is 4.98 Å². The monoisotopic (exact) mass is 366 g/mol. The topological polar surface area (TPSA) is 71.8 Å². The van der Waals surface area contributed by atoms with E-state index in [0.29, 0.717) is 41.9 Å². The van der Waals surface area contributed by atoms with Crippen LogP contribution in [-0.2, 0) is 0 Å². The molecule has 2 aliphatic rings. The number of nitrogens with zero attached hydrogens (tertiary/aromatic N) is 2. The number of fused-ring (bicyclic) bond motifs is 3. The third-order valence-electron chi connectivity index (χ3n) is 4.75. The molecule has 7 heteroatoms. The minimum atomic E-state index is -0.304. The van der Waals surface area contributed by atoms with E-state index in [1.807, 2.05) is 44.2 Å². The molecule has 7 nitrogen and oxygen atoms in total. The van der Waals surface area contributed by atoms with E-state index in [0.717, 1.165) is 16.5 Å². The van der Waals surface area contributed by atoms with Gasteiger partial charge in [-0.25, -0.2) is 4.79 Å². The summed E-state index contributed by atoms with van der Waals surface area (Å²) in [7, 11) is 0. The van der Waals surface area contributed by atoms with Crippen LogP contribution in [0.25, 0.3) is 22.2 Å². The van der Waals surface area contributed by atoms with Gasteiger partial charge in [-0.15, -0.1) is 0 Å².